The maximum atomic E-state index is 11.4. The Morgan fingerprint density at radius 2 is 2.24 bits per heavy atom. The molecule has 0 bridgehead atoms. The summed E-state index contributed by atoms with van der Waals surface area (Å²) >= 11 is 3.12. The van der Waals surface area contributed by atoms with Crippen LogP contribution in [0.25, 0.3) is 0 Å². The lowest BCUT2D eigenvalue weighted by atomic mass is 10.0. The number of aromatic amines is 1. The molecule has 0 radical (unpaired) electrons. The number of rotatable bonds is 4. The number of ether oxygens (including phenoxy) is 1. The van der Waals surface area contributed by atoms with E-state index in [2.05, 4.69) is 25.7 Å². The smallest absolute Gasteiger partial charge is 0.308 e. The fraction of sp³-hybridized carbons (Fsp3) is 0.400. The minimum absolute atomic E-state index is 0.0178. The summed E-state index contributed by atoms with van der Waals surface area (Å²) in [5.41, 5.74) is -0.541. The van der Waals surface area contributed by atoms with Crippen molar-refractivity contribution in [2.24, 2.45) is 0 Å². The summed E-state index contributed by atoms with van der Waals surface area (Å²) < 4.78 is 4.91. The Balaban J connectivity index is 2.88. The Kier molecular flexibility index (Phi) is 4.86. The first-order valence-electron chi connectivity index (χ1n) is 4.76. The molecule has 1 rings (SSSR count). The summed E-state index contributed by atoms with van der Waals surface area (Å²) in [5, 5.41) is 19.3. The highest BCUT2D eigenvalue weighted by molar-refractivity contribution is 9.10. The van der Waals surface area contributed by atoms with E-state index in [0.717, 1.165) is 0 Å². The third kappa shape index (κ3) is 3.65. The number of carbonyl (C=O) groups excluding carboxylic acids is 1. The number of esters is 1. The molecule has 2 atom stereocenters. The lowest BCUT2D eigenvalue weighted by Gasteiger charge is -2.16. The van der Waals surface area contributed by atoms with Gasteiger partial charge in [0.25, 0.3) is 5.56 Å². The van der Waals surface area contributed by atoms with Crippen molar-refractivity contribution in [1.82, 2.24) is 4.98 Å². The average molecular weight is 306 g/mol. The fourth-order valence-corrected chi connectivity index (χ4v) is 1.63. The summed E-state index contributed by atoms with van der Waals surface area (Å²) in [5.74, 6) is -0.664. The van der Waals surface area contributed by atoms with E-state index in [1.807, 2.05) is 0 Å². The van der Waals surface area contributed by atoms with Crippen LogP contribution in [0, 0.1) is 0 Å². The number of pyridine rings is 1. The average Bonchev–Trinajstić information content (AvgIpc) is 2.31. The van der Waals surface area contributed by atoms with Crippen molar-refractivity contribution in [2.75, 3.05) is 7.11 Å². The van der Waals surface area contributed by atoms with Gasteiger partial charge in [-0.3, -0.25) is 9.59 Å². The Bertz CT molecular complexity index is 458. The number of hydrogen-bond donors (Lipinski definition) is 3. The van der Waals surface area contributed by atoms with Crippen molar-refractivity contribution in [1.29, 1.82) is 0 Å². The number of aromatic nitrogens is 1. The molecule has 7 heteroatoms. The zero-order chi connectivity index (χ0) is 13.0. The number of aliphatic hydroxyl groups excluding tert-OH is 2. The van der Waals surface area contributed by atoms with Crippen LogP contribution in [0.3, 0.4) is 0 Å². The Hall–Kier alpha value is -1.18. The highest BCUT2D eigenvalue weighted by Crippen LogP contribution is 2.18. The van der Waals surface area contributed by atoms with Crippen molar-refractivity contribution in [2.45, 2.75) is 18.6 Å². The van der Waals surface area contributed by atoms with Gasteiger partial charge in [0.05, 0.1) is 19.6 Å². The second kappa shape index (κ2) is 5.95. The summed E-state index contributed by atoms with van der Waals surface area (Å²) in [6.45, 7) is 0. The number of methoxy groups -OCH3 is 1. The molecular formula is C10H12BrNO5. The van der Waals surface area contributed by atoms with Crippen LogP contribution in [0.5, 0.6) is 0 Å². The lowest BCUT2D eigenvalue weighted by Crippen LogP contribution is -2.27. The molecule has 6 nitrogen and oxygen atoms in total. The second-order valence-electron chi connectivity index (χ2n) is 3.39. The molecule has 0 aromatic carbocycles. The minimum atomic E-state index is -1.45. The third-order valence-corrected chi connectivity index (χ3v) is 2.64. The highest BCUT2D eigenvalue weighted by Gasteiger charge is 2.24. The molecule has 1 heterocycles. The van der Waals surface area contributed by atoms with Crippen molar-refractivity contribution in [3.63, 3.8) is 0 Å². The molecule has 0 aliphatic heterocycles. The third-order valence-electron chi connectivity index (χ3n) is 2.18. The van der Waals surface area contributed by atoms with Gasteiger partial charge >= 0.3 is 5.97 Å². The van der Waals surface area contributed by atoms with E-state index in [1.54, 1.807) is 0 Å². The van der Waals surface area contributed by atoms with Gasteiger partial charge in [0, 0.05) is 16.2 Å². The molecule has 1 aromatic heterocycles. The molecule has 3 N–H and O–H groups in total. The number of carbonyl (C=O) groups is 1. The zero-order valence-corrected chi connectivity index (χ0v) is 10.6. The number of nitrogens with one attached hydrogen (secondary N) is 1. The van der Waals surface area contributed by atoms with Crippen LogP contribution < -0.4 is 5.56 Å². The van der Waals surface area contributed by atoms with Crippen LogP contribution >= 0.6 is 15.9 Å². The van der Waals surface area contributed by atoms with E-state index in [-0.39, 0.29) is 12.0 Å². The first-order chi connectivity index (χ1) is 7.95. The second-order valence-corrected chi connectivity index (χ2v) is 4.31. The summed E-state index contributed by atoms with van der Waals surface area (Å²) in [6, 6.07) is 1.38. The van der Waals surface area contributed by atoms with Gasteiger partial charge in [-0.25, -0.2) is 0 Å². The van der Waals surface area contributed by atoms with Crippen molar-refractivity contribution >= 4 is 21.9 Å². The summed E-state index contributed by atoms with van der Waals surface area (Å²) in [4.78, 5) is 24.7. The molecule has 17 heavy (non-hydrogen) atoms. The van der Waals surface area contributed by atoms with E-state index < -0.39 is 23.7 Å². The minimum Gasteiger partial charge on any atom is -0.469 e. The molecule has 0 saturated heterocycles. The van der Waals surface area contributed by atoms with Gasteiger partial charge in [-0.15, -0.1) is 0 Å². The van der Waals surface area contributed by atoms with E-state index in [1.165, 1.54) is 19.4 Å². The van der Waals surface area contributed by atoms with Gasteiger partial charge in [-0.1, -0.05) is 0 Å². The van der Waals surface area contributed by atoms with E-state index >= 15 is 0 Å². The topological polar surface area (TPSA) is 99.6 Å². The molecule has 0 amide bonds. The molecule has 0 saturated carbocycles. The van der Waals surface area contributed by atoms with Gasteiger partial charge < -0.3 is 19.9 Å². The van der Waals surface area contributed by atoms with Crippen LogP contribution in [-0.2, 0) is 9.53 Å². The van der Waals surface area contributed by atoms with Crippen molar-refractivity contribution < 1.29 is 19.7 Å². The molecule has 0 aliphatic carbocycles. The molecular weight excluding hydrogens is 294 g/mol. The lowest BCUT2D eigenvalue weighted by molar-refractivity contribution is -0.144. The largest absolute Gasteiger partial charge is 0.469 e. The van der Waals surface area contributed by atoms with Crippen molar-refractivity contribution in [3.05, 3.63) is 32.7 Å². The van der Waals surface area contributed by atoms with Crippen LogP contribution in [0.2, 0.25) is 0 Å². The molecule has 1 aromatic rings. The van der Waals surface area contributed by atoms with Crippen LogP contribution in [0.4, 0.5) is 0 Å². The molecule has 2 unspecified atom stereocenters. The van der Waals surface area contributed by atoms with Gasteiger partial charge in [0.2, 0.25) is 0 Å². The summed E-state index contributed by atoms with van der Waals surface area (Å²) in [6.07, 6.45) is -1.82. The number of hydrogen-bond acceptors (Lipinski definition) is 5. The predicted molar refractivity (Wildman–Crippen MR) is 62.4 cm³/mol. The quantitative estimate of drug-likeness (QED) is 0.685. The maximum Gasteiger partial charge on any atom is 0.308 e. The molecule has 94 valence electrons. The van der Waals surface area contributed by atoms with E-state index in [0.29, 0.717) is 4.47 Å². The predicted octanol–water partition coefficient (Wildman–Crippen LogP) is 0.0948. The van der Waals surface area contributed by atoms with E-state index in [9.17, 15) is 19.8 Å². The first kappa shape index (κ1) is 13.9. The van der Waals surface area contributed by atoms with Crippen molar-refractivity contribution in [3.8, 4) is 0 Å². The van der Waals surface area contributed by atoms with Crippen LogP contribution in [0.15, 0.2) is 21.5 Å². The highest BCUT2D eigenvalue weighted by atomic mass is 79.9. The van der Waals surface area contributed by atoms with Crippen LogP contribution in [-0.4, -0.2) is 34.4 Å². The van der Waals surface area contributed by atoms with Gasteiger partial charge in [-0.05, 0) is 22.0 Å². The Morgan fingerprint density at radius 1 is 1.59 bits per heavy atom. The number of aliphatic hydroxyl groups is 2. The first-order valence-corrected chi connectivity index (χ1v) is 5.56. The monoisotopic (exact) mass is 305 g/mol. The standard InChI is InChI=1S/C10H12BrNO5/c1-17-8(14)3-7(13)9(15)6-2-5(11)4-12-10(6)16/h2,4,7,9,13,15H,3H2,1H3,(H,12,16). The SMILES string of the molecule is COC(=O)CC(O)C(O)c1cc(Br)c[nH]c1=O. The molecule has 0 spiro atoms. The zero-order valence-electron chi connectivity index (χ0n) is 9.01. The van der Waals surface area contributed by atoms with Gasteiger partial charge in [-0.2, -0.15) is 0 Å². The number of H-pyrrole nitrogens is 1. The molecule has 0 aliphatic rings. The fourth-order valence-electron chi connectivity index (χ4n) is 1.27. The Labute approximate surface area is 105 Å². The number of halogens is 1. The molecule has 0 fully saturated rings. The normalized spacial score (nSPS) is 14.1. The summed E-state index contributed by atoms with van der Waals surface area (Å²) in [7, 11) is 1.17. The van der Waals surface area contributed by atoms with Gasteiger partial charge in [0.15, 0.2) is 0 Å². The maximum absolute atomic E-state index is 11.4. The van der Waals surface area contributed by atoms with E-state index in [4.69, 9.17) is 0 Å². The Morgan fingerprint density at radius 3 is 2.82 bits per heavy atom. The van der Waals surface area contributed by atoms with Crippen LogP contribution in [0.1, 0.15) is 18.1 Å². The van der Waals surface area contributed by atoms with Gasteiger partial charge in [0.1, 0.15) is 6.10 Å².